The number of benzene rings is 1. The van der Waals surface area contributed by atoms with Gasteiger partial charge >= 0.3 is 0 Å². The van der Waals surface area contributed by atoms with Crippen LogP contribution in [0.5, 0.6) is 5.75 Å². The number of amides is 3. The largest absolute Gasteiger partial charge is 0.497 e. The Kier molecular flexibility index (Phi) is 3.48. The summed E-state index contributed by atoms with van der Waals surface area (Å²) in [5, 5.41) is 2.79. The van der Waals surface area contributed by atoms with E-state index < -0.39 is 6.04 Å². The van der Waals surface area contributed by atoms with Gasteiger partial charge in [-0.1, -0.05) is 18.2 Å². The third-order valence-electron chi connectivity index (χ3n) is 6.80. The summed E-state index contributed by atoms with van der Waals surface area (Å²) >= 11 is 0. The number of likely N-dealkylation sites (tertiary alicyclic amines) is 1. The van der Waals surface area contributed by atoms with Crippen LogP contribution in [-0.2, 0) is 14.4 Å². The summed E-state index contributed by atoms with van der Waals surface area (Å²) in [4.78, 5) is 40.1. The van der Waals surface area contributed by atoms with Gasteiger partial charge < -0.3 is 10.1 Å². The first kappa shape index (κ1) is 16.5. The fraction of sp³-hybridized carbons (Fsp3) is 0.476. The van der Waals surface area contributed by atoms with Crippen molar-refractivity contribution in [3.05, 3.63) is 36.4 Å². The van der Waals surface area contributed by atoms with E-state index in [9.17, 15) is 14.4 Å². The van der Waals surface area contributed by atoms with Crippen LogP contribution in [0.3, 0.4) is 0 Å². The number of rotatable bonds is 4. The van der Waals surface area contributed by atoms with Crippen molar-refractivity contribution >= 4 is 23.4 Å². The predicted molar refractivity (Wildman–Crippen MR) is 97.6 cm³/mol. The summed E-state index contributed by atoms with van der Waals surface area (Å²) in [7, 11) is 1.56. The lowest BCUT2D eigenvalue weighted by molar-refractivity contribution is -0.146. The molecule has 3 fully saturated rings. The van der Waals surface area contributed by atoms with Gasteiger partial charge in [0, 0.05) is 11.8 Å². The molecule has 6 heteroatoms. The van der Waals surface area contributed by atoms with Crippen LogP contribution in [-0.4, -0.2) is 35.8 Å². The second-order valence-electron chi connectivity index (χ2n) is 8.10. The number of carbonyl (C=O) groups excluding carboxylic acids is 3. The van der Waals surface area contributed by atoms with Gasteiger partial charge in [-0.3, -0.25) is 19.3 Å². The van der Waals surface area contributed by atoms with Gasteiger partial charge in [0.2, 0.25) is 17.7 Å². The topological polar surface area (TPSA) is 75.7 Å². The first-order valence-electron chi connectivity index (χ1n) is 9.51. The van der Waals surface area contributed by atoms with Gasteiger partial charge in [-0.2, -0.15) is 0 Å². The van der Waals surface area contributed by atoms with Crippen LogP contribution < -0.4 is 10.1 Å². The van der Waals surface area contributed by atoms with Crippen molar-refractivity contribution in [2.24, 2.45) is 35.5 Å². The number of methoxy groups -OCH3 is 1. The van der Waals surface area contributed by atoms with E-state index in [4.69, 9.17) is 4.74 Å². The molecule has 1 aromatic carbocycles. The Bertz CT molecular complexity index is 843. The zero-order valence-corrected chi connectivity index (χ0v) is 15.3. The predicted octanol–water partition coefficient (Wildman–Crippen LogP) is 2.08. The monoisotopic (exact) mass is 366 g/mol. The van der Waals surface area contributed by atoms with Crippen LogP contribution in [0.2, 0.25) is 0 Å². The van der Waals surface area contributed by atoms with Crippen LogP contribution in [0.25, 0.3) is 0 Å². The molecule has 27 heavy (non-hydrogen) atoms. The Morgan fingerprint density at radius 1 is 1.15 bits per heavy atom. The molecule has 0 spiro atoms. The van der Waals surface area contributed by atoms with Gasteiger partial charge in [0.15, 0.2) is 0 Å². The molecule has 3 amide bonds. The number of hydrogen-bond acceptors (Lipinski definition) is 4. The lowest BCUT2D eigenvalue weighted by Crippen LogP contribution is -2.46. The highest BCUT2D eigenvalue weighted by molar-refractivity contribution is 6.10. The summed E-state index contributed by atoms with van der Waals surface area (Å²) in [6.07, 6.45) is 5.40. The summed E-state index contributed by atoms with van der Waals surface area (Å²) in [5.41, 5.74) is 0.575. The van der Waals surface area contributed by atoms with Gasteiger partial charge in [0.1, 0.15) is 11.8 Å². The second kappa shape index (κ2) is 5.68. The Labute approximate surface area is 157 Å². The van der Waals surface area contributed by atoms with Crippen molar-refractivity contribution in [2.75, 3.05) is 12.4 Å². The number of ether oxygens (including phenoxy) is 1. The third-order valence-corrected chi connectivity index (χ3v) is 6.80. The van der Waals surface area contributed by atoms with Gasteiger partial charge in [0.05, 0.1) is 18.9 Å². The number of nitrogens with one attached hydrogen (secondary N) is 1. The Hall–Kier alpha value is -2.63. The molecule has 1 aliphatic heterocycles. The molecule has 1 N–H and O–H groups in total. The molecule has 6 rings (SSSR count). The summed E-state index contributed by atoms with van der Waals surface area (Å²) in [6.45, 7) is 1.62. The molecular weight excluding hydrogens is 344 g/mol. The Balaban J connectivity index is 1.36. The summed E-state index contributed by atoms with van der Waals surface area (Å²) in [5.74, 6) is 0.797. The SMILES string of the molecule is COc1cccc(NC(=O)[C@@H](C)N2C(=O)[C@@H]3[C@@H]4C=C[C@H]([C@H]5C[C@H]45)[C@@H]3C2=O)c1. The fourth-order valence-electron chi connectivity index (χ4n) is 5.43. The minimum Gasteiger partial charge on any atom is -0.497 e. The number of nitrogens with zero attached hydrogens (tertiary/aromatic N) is 1. The standard InChI is InChI=1S/C21H22N2O4/c1-10(19(24)22-11-4-3-5-12(8-11)27-2)23-20(25)17-13-6-7-14(16-9-15(13)16)18(17)21(23)26/h3-8,10,13-18H,9H2,1-2H3,(H,22,24)/t10-,13-,14-,15-,16-,17-,18+/m1/s1. The lowest BCUT2D eigenvalue weighted by Gasteiger charge is -2.37. The average molecular weight is 366 g/mol. The number of allylic oxidation sites excluding steroid dienone is 2. The van der Waals surface area contributed by atoms with Gasteiger partial charge in [-0.25, -0.2) is 0 Å². The normalized spacial score (nSPS) is 36.3. The number of hydrogen-bond donors (Lipinski definition) is 1. The molecule has 2 saturated carbocycles. The molecule has 0 unspecified atom stereocenters. The molecule has 2 bridgehead atoms. The van der Waals surface area contributed by atoms with Crippen molar-refractivity contribution < 1.29 is 19.1 Å². The number of imide groups is 1. The van der Waals surface area contributed by atoms with E-state index in [0.717, 1.165) is 6.42 Å². The van der Waals surface area contributed by atoms with Crippen LogP contribution in [0.1, 0.15) is 13.3 Å². The highest BCUT2D eigenvalue weighted by atomic mass is 16.5. The molecule has 5 aliphatic rings. The molecule has 1 aromatic rings. The van der Waals surface area contributed by atoms with Crippen molar-refractivity contribution in [3.63, 3.8) is 0 Å². The first-order valence-corrected chi connectivity index (χ1v) is 9.51. The van der Waals surface area contributed by atoms with E-state index in [-0.39, 0.29) is 41.4 Å². The second-order valence-corrected chi connectivity index (χ2v) is 8.10. The van der Waals surface area contributed by atoms with Crippen molar-refractivity contribution in [1.82, 2.24) is 4.90 Å². The number of carbonyl (C=O) groups is 3. The van der Waals surface area contributed by atoms with Gasteiger partial charge in [0.25, 0.3) is 0 Å². The molecule has 7 atom stereocenters. The average Bonchev–Trinajstić information content (AvgIpc) is 3.45. The van der Waals surface area contributed by atoms with Crippen LogP contribution in [0, 0.1) is 35.5 Å². The van der Waals surface area contributed by atoms with Crippen LogP contribution in [0.4, 0.5) is 5.69 Å². The maximum Gasteiger partial charge on any atom is 0.247 e. The quantitative estimate of drug-likeness (QED) is 0.654. The minimum atomic E-state index is -0.836. The molecular formula is C21H22N2O4. The zero-order chi connectivity index (χ0) is 18.9. The van der Waals surface area contributed by atoms with E-state index in [1.807, 2.05) is 0 Å². The summed E-state index contributed by atoms with van der Waals surface area (Å²) in [6, 6.07) is 6.17. The fourth-order valence-corrected chi connectivity index (χ4v) is 5.43. The van der Waals surface area contributed by atoms with E-state index in [1.165, 1.54) is 4.90 Å². The minimum absolute atomic E-state index is 0.167. The molecule has 0 radical (unpaired) electrons. The van der Waals surface area contributed by atoms with E-state index >= 15 is 0 Å². The zero-order valence-electron chi connectivity index (χ0n) is 15.3. The van der Waals surface area contributed by atoms with E-state index in [0.29, 0.717) is 23.3 Å². The van der Waals surface area contributed by atoms with Gasteiger partial charge in [-0.05, 0) is 49.1 Å². The van der Waals surface area contributed by atoms with Crippen molar-refractivity contribution in [2.45, 2.75) is 19.4 Å². The molecule has 140 valence electrons. The van der Waals surface area contributed by atoms with E-state index in [1.54, 1.807) is 38.3 Å². The number of anilines is 1. The molecule has 0 aromatic heterocycles. The van der Waals surface area contributed by atoms with Gasteiger partial charge in [-0.15, -0.1) is 0 Å². The Morgan fingerprint density at radius 3 is 2.37 bits per heavy atom. The molecule has 4 aliphatic carbocycles. The third kappa shape index (κ3) is 2.28. The lowest BCUT2D eigenvalue weighted by atomic mass is 9.63. The summed E-state index contributed by atoms with van der Waals surface area (Å²) < 4.78 is 5.16. The van der Waals surface area contributed by atoms with Crippen LogP contribution in [0.15, 0.2) is 36.4 Å². The van der Waals surface area contributed by atoms with E-state index in [2.05, 4.69) is 17.5 Å². The molecule has 1 heterocycles. The highest BCUT2D eigenvalue weighted by Gasteiger charge is 2.67. The van der Waals surface area contributed by atoms with Crippen molar-refractivity contribution in [3.8, 4) is 5.75 Å². The molecule has 1 saturated heterocycles. The maximum absolute atomic E-state index is 13.1. The Morgan fingerprint density at radius 2 is 1.78 bits per heavy atom. The first-order chi connectivity index (χ1) is 13.0. The smallest absolute Gasteiger partial charge is 0.247 e. The van der Waals surface area contributed by atoms with Crippen molar-refractivity contribution in [1.29, 1.82) is 0 Å². The highest BCUT2D eigenvalue weighted by Crippen LogP contribution is 2.65. The van der Waals surface area contributed by atoms with Crippen LogP contribution >= 0.6 is 0 Å². The molecule has 6 nitrogen and oxygen atoms in total. The maximum atomic E-state index is 13.1.